The molecule has 1 saturated heterocycles. The second-order valence-corrected chi connectivity index (χ2v) is 9.19. The first-order valence-corrected chi connectivity index (χ1v) is 11.3. The topological polar surface area (TPSA) is 40.6 Å². The molecule has 1 spiro atoms. The number of carbonyl (C=O) groups is 2. The van der Waals surface area contributed by atoms with Crippen molar-refractivity contribution >= 4 is 11.8 Å². The highest BCUT2D eigenvalue weighted by molar-refractivity contribution is 5.87. The van der Waals surface area contributed by atoms with Crippen LogP contribution in [0.5, 0.6) is 0 Å². The molecule has 4 nitrogen and oxygen atoms in total. The predicted molar refractivity (Wildman–Crippen MR) is 111 cm³/mol. The van der Waals surface area contributed by atoms with Crippen LogP contribution in [0.3, 0.4) is 0 Å². The van der Waals surface area contributed by atoms with Crippen LogP contribution >= 0.6 is 0 Å². The number of benzene rings is 1. The summed E-state index contributed by atoms with van der Waals surface area (Å²) in [5.74, 6) is 1.05. The SMILES string of the molecule is O=C(CCC1CCCC1)N1CC(=O)N(Cc2ccccc2)C2(CCCCC2)C1. The molecule has 0 N–H and O–H groups in total. The first-order chi connectivity index (χ1) is 13.7. The highest BCUT2D eigenvalue weighted by atomic mass is 16.2. The Labute approximate surface area is 169 Å². The fourth-order valence-electron chi connectivity index (χ4n) is 5.63. The smallest absolute Gasteiger partial charge is 0.243 e. The monoisotopic (exact) mass is 382 g/mol. The lowest BCUT2D eigenvalue weighted by Gasteiger charge is -2.52. The molecule has 2 saturated carbocycles. The van der Waals surface area contributed by atoms with Crippen molar-refractivity contribution in [3.63, 3.8) is 0 Å². The summed E-state index contributed by atoms with van der Waals surface area (Å²) in [4.78, 5) is 30.1. The fourth-order valence-corrected chi connectivity index (χ4v) is 5.63. The van der Waals surface area contributed by atoms with Gasteiger partial charge < -0.3 is 9.80 Å². The van der Waals surface area contributed by atoms with Gasteiger partial charge in [-0.1, -0.05) is 75.3 Å². The third-order valence-electron chi connectivity index (χ3n) is 7.25. The zero-order chi connectivity index (χ0) is 19.4. The number of rotatable bonds is 5. The van der Waals surface area contributed by atoms with Gasteiger partial charge in [0.25, 0.3) is 0 Å². The Bertz CT molecular complexity index is 675. The van der Waals surface area contributed by atoms with Gasteiger partial charge in [-0.3, -0.25) is 9.59 Å². The Morgan fingerprint density at radius 2 is 1.71 bits per heavy atom. The maximum Gasteiger partial charge on any atom is 0.243 e. The Morgan fingerprint density at radius 3 is 2.43 bits per heavy atom. The van der Waals surface area contributed by atoms with Gasteiger partial charge in [-0.2, -0.15) is 0 Å². The summed E-state index contributed by atoms with van der Waals surface area (Å²) in [6, 6.07) is 10.3. The van der Waals surface area contributed by atoms with Gasteiger partial charge in [0.2, 0.25) is 11.8 Å². The van der Waals surface area contributed by atoms with E-state index in [2.05, 4.69) is 17.0 Å². The van der Waals surface area contributed by atoms with Crippen LogP contribution in [0.1, 0.15) is 76.2 Å². The van der Waals surface area contributed by atoms with E-state index in [1.54, 1.807) is 0 Å². The van der Waals surface area contributed by atoms with E-state index in [-0.39, 0.29) is 23.9 Å². The van der Waals surface area contributed by atoms with Crippen LogP contribution in [0.2, 0.25) is 0 Å². The molecule has 1 aromatic carbocycles. The molecular formula is C24H34N2O2. The summed E-state index contributed by atoms with van der Waals surface area (Å²) >= 11 is 0. The number of piperazine rings is 1. The van der Waals surface area contributed by atoms with Gasteiger partial charge >= 0.3 is 0 Å². The maximum absolute atomic E-state index is 13.2. The second-order valence-electron chi connectivity index (χ2n) is 9.19. The molecule has 2 aliphatic carbocycles. The molecule has 4 rings (SSSR count). The van der Waals surface area contributed by atoms with Crippen molar-refractivity contribution < 1.29 is 9.59 Å². The molecule has 4 heteroatoms. The van der Waals surface area contributed by atoms with E-state index < -0.39 is 0 Å². The van der Waals surface area contributed by atoms with E-state index in [0.717, 1.165) is 44.6 Å². The Morgan fingerprint density at radius 1 is 1.00 bits per heavy atom. The van der Waals surface area contributed by atoms with Crippen molar-refractivity contribution in [2.75, 3.05) is 13.1 Å². The molecule has 0 unspecified atom stereocenters. The van der Waals surface area contributed by atoms with Crippen LogP contribution in [-0.2, 0) is 16.1 Å². The quantitative estimate of drug-likeness (QED) is 0.751. The Balaban J connectivity index is 1.46. The van der Waals surface area contributed by atoms with Gasteiger partial charge in [-0.25, -0.2) is 0 Å². The van der Waals surface area contributed by atoms with Crippen molar-refractivity contribution in [1.82, 2.24) is 9.80 Å². The van der Waals surface area contributed by atoms with E-state index in [1.165, 1.54) is 37.7 Å². The summed E-state index contributed by atoms with van der Waals surface area (Å²) in [7, 11) is 0. The van der Waals surface area contributed by atoms with E-state index >= 15 is 0 Å². The summed E-state index contributed by atoms with van der Waals surface area (Å²) in [6.45, 7) is 1.66. The van der Waals surface area contributed by atoms with Crippen LogP contribution in [0.4, 0.5) is 0 Å². The normalized spacial score (nSPS) is 22.8. The minimum absolute atomic E-state index is 0.131. The molecule has 2 amide bonds. The van der Waals surface area contributed by atoms with E-state index in [4.69, 9.17) is 0 Å². The molecule has 3 fully saturated rings. The van der Waals surface area contributed by atoms with Gasteiger partial charge in [0.05, 0.1) is 12.1 Å². The molecule has 1 heterocycles. The molecule has 28 heavy (non-hydrogen) atoms. The zero-order valence-electron chi connectivity index (χ0n) is 17.1. The predicted octanol–water partition coefficient (Wildman–Crippen LogP) is 4.53. The molecule has 152 valence electrons. The lowest BCUT2D eigenvalue weighted by molar-refractivity contribution is -0.158. The molecule has 0 aromatic heterocycles. The highest BCUT2D eigenvalue weighted by Crippen LogP contribution is 2.38. The van der Waals surface area contributed by atoms with Crippen molar-refractivity contribution in [3.8, 4) is 0 Å². The first-order valence-electron chi connectivity index (χ1n) is 11.3. The Hall–Kier alpha value is -1.84. The molecule has 1 aromatic rings. The van der Waals surface area contributed by atoms with Crippen LogP contribution < -0.4 is 0 Å². The molecular weight excluding hydrogens is 348 g/mol. The largest absolute Gasteiger partial charge is 0.331 e. The molecule has 3 aliphatic rings. The van der Waals surface area contributed by atoms with Crippen LogP contribution in [0.15, 0.2) is 30.3 Å². The van der Waals surface area contributed by atoms with E-state index in [9.17, 15) is 9.59 Å². The van der Waals surface area contributed by atoms with Gasteiger partial charge in [0.15, 0.2) is 0 Å². The van der Waals surface area contributed by atoms with Crippen LogP contribution in [0.25, 0.3) is 0 Å². The first kappa shape index (κ1) is 19.5. The second kappa shape index (κ2) is 8.67. The third-order valence-corrected chi connectivity index (χ3v) is 7.25. The zero-order valence-corrected chi connectivity index (χ0v) is 17.1. The summed E-state index contributed by atoms with van der Waals surface area (Å²) in [5, 5.41) is 0. The van der Waals surface area contributed by atoms with Gasteiger partial charge in [0, 0.05) is 19.5 Å². The van der Waals surface area contributed by atoms with Gasteiger partial charge in [-0.05, 0) is 30.7 Å². The molecule has 0 atom stereocenters. The summed E-state index contributed by atoms with van der Waals surface area (Å²) < 4.78 is 0. The number of carbonyl (C=O) groups excluding carboxylic acids is 2. The van der Waals surface area contributed by atoms with Gasteiger partial charge in [0.1, 0.15) is 0 Å². The number of hydrogen-bond donors (Lipinski definition) is 0. The standard InChI is InChI=1S/C24H34N2O2/c27-22(14-13-20-9-5-6-10-20)25-18-23(28)26(17-21-11-3-1-4-12-21)24(19-25)15-7-2-8-16-24/h1,3-4,11-12,20H,2,5-10,13-19H2. The lowest BCUT2D eigenvalue weighted by Crippen LogP contribution is -2.65. The van der Waals surface area contributed by atoms with Crippen molar-refractivity contribution in [1.29, 1.82) is 0 Å². The van der Waals surface area contributed by atoms with Crippen LogP contribution in [0, 0.1) is 5.92 Å². The Kier molecular flexibility index (Phi) is 6.03. The summed E-state index contributed by atoms with van der Waals surface area (Å²) in [6.07, 6.45) is 12.4. The average molecular weight is 383 g/mol. The van der Waals surface area contributed by atoms with Crippen molar-refractivity contribution in [3.05, 3.63) is 35.9 Å². The minimum atomic E-state index is -0.160. The van der Waals surface area contributed by atoms with Gasteiger partial charge in [-0.15, -0.1) is 0 Å². The third kappa shape index (κ3) is 4.26. The average Bonchev–Trinajstić information content (AvgIpc) is 3.24. The highest BCUT2D eigenvalue weighted by Gasteiger charge is 2.46. The number of amides is 2. The van der Waals surface area contributed by atoms with Crippen molar-refractivity contribution in [2.45, 2.75) is 82.7 Å². The molecule has 1 aliphatic heterocycles. The van der Waals surface area contributed by atoms with E-state index in [0.29, 0.717) is 13.0 Å². The lowest BCUT2D eigenvalue weighted by atomic mass is 9.78. The van der Waals surface area contributed by atoms with Crippen molar-refractivity contribution in [2.24, 2.45) is 5.92 Å². The number of hydrogen-bond acceptors (Lipinski definition) is 2. The molecule has 0 radical (unpaired) electrons. The maximum atomic E-state index is 13.2. The minimum Gasteiger partial charge on any atom is -0.331 e. The van der Waals surface area contributed by atoms with E-state index in [1.807, 2.05) is 23.1 Å². The molecule has 0 bridgehead atoms. The number of nitrogens with zero attached hydrogens (tertiary/aromatic N) is 2. The fraction of sp³-hybridized carbons (Fsp3) is 0.667. The summed E-state index contributed by atoms with van der Waals surface area (Å²) in [5.41, 5.74) is 1.02. The van der Waals surface area contributed by atoms with Crippen LogP contribution in [-0.4, -0.2) is 40.2 Å².